The highest BCUT2D eigenvalue weighted by atomic mass is 14.8. The normalized spacial score (nSPS) is 17.9. The van der Waals surface area contributed by atoms with E-state index in [1.54, 1.807) is 0 Å². The minimum Gasteiger partial charge on any atom is -0.291 e. The van der Waals surface area contributed by atoms with Crippen molar-refractivity contribution in [1.82, 2.24) is 0 Å². The first-order valence-electron chi connectivity index (χ1n) is 5.64. The number of hydrogen-bond acceptors (Lipinski definition) is 2. The van der Waals surface area contributed by atoms with Gasteiger partial charge < -0.3 is 0 Å². The zero-order valence-corrected chi connectivity index (χ0v) is 10.5. The summed E-state index contributed by atoms with van der Waals surface area (Å²) in [5.41, 5.74) is 2.44. The molecule has 0 spiro atoms. The minimum absolute atomic E-state index is 0.509. The van der Waals surface area contributed by atoms with Crippen molar-refractivity contribution in [3.63, 3.8) is 0 Å². The molecule has 0 aromatic carbocycles. The molecule has 0 N–H and O–H groups in total. The van der Waals surface area contributed by atoms with Gasteiger partial charge in [-0.05, 0) is 18.8 Å². The SMILES string of the molecule is CC.CN=C(C(=NC)C1CC1)C(C)C. The van der Waals surface area contributed by atoms with Crippen LogP contribution in [0.4, 0.5) is 0 Å². The third-order valence-electron chi connectivity index (χ3n) is 2.26. The average molecular weight is 196 g/mol. The molecule has 1 aliphatic rings. The third kappa shape index (κ3) is 3.60. The Hall–Kier alpha value is -0.660. The summed E-state index contributed by atoms with van der Waals surface area (Å²) < 4.78 is 0. The van der Waals surface area contributed by atoms with Gasteiger partial charge in [0.25, 0.3) is 0 Å². The zero-order chi connectivity index (χ0) is 11.1. The summed E-state index contributed by atoms with van der Waals surface area (Å²) in [6, 6.07) is 0. The van der Waals surface area contributed by atoms with Gasteiger partial charge in [-0.2, -0.15) is 0 Å². The molecule has 1 saturated carbocycles. The Morgan fingerprint density at radius 2 is 1.57 bits per heavy atom. The lowest BCUT2D eigenvalue weighted by atomic mass is 10.0. The summed E-state index contributed by atoms with van der Waals surface area (Å²) >= 11 is 0. The van der Waals surface area contributed by atoms with E-state index >= 15 is 0 Å². The monoisotopic (exact) mass is 196 g/mol. The number of nitrogens with zero attached hydrogens (tertiary/aromatic N) is 2. The second kappa shape index (κ2) is 6.74. The lowest BCUT2D eigenvalue weighted by molar-refractivity contribution is 0.886. The summed E-state index contributed by atoms with van der Waals surface area (Å²) in [7, 11) is 3.74. The van der Waals surface area contributed by atoms with Crippen LogP contribution in [0.2, 0.25) is 0 Å². The van der Waals surface area contributed by atoms with Gasteiger partial charge in [0.2, 0.25) is 0 Å². The van der Waals surface area contributed by atoms with Gasteiger partial charge in [-0.3, -0.25) is 9.98 Å². The fourth-order valence-corrected chi connectivity index (χ4v) is 1.53. The highest BCUT2D eigenvalue weighted by Gasteiger charge is 2.30. The zero-order valence-electron chi connectivity index (χ0n) is 10.5. The van der Waals surface area contributed by atoms with Gasteiger partial charge in [0.05, 0.1) is 11.4 Å². The van der Waals surface area contributed by atoms with E-state index in [4.69, 9.17) is 0 Å². The predicted octanol–water partition coefficient (Wildman–Crippen LogP) is 3.22. The molecule has 0 bridgehead atoms. The largest absolute Gasteiger partial charge is 0.291 e. The molecule has 0 radical (unpaired) electrons. The molecule has 1 rings (SSSR count). The molecule has 0 unspecified atom stereocenters. The van der Waals surface area contributed by atoms with Gasteiger partial charge >= 0.3 is 0 Å². The molecule has 0 aliphatic heterocycles. The van der Waals surface area contributed by atoms with Crippen LogP contribution in [0.5, 0.6) is 0 Å². The first-order chi connectivity index (χ1) is 6.70. The number of aliphatic imine (C=N–C) groups is 2. The average Bonchev–Trinajstić information content (AvgIpc) is 3.00. The minimum atomic E-state index is 0.509. The van der Waals surface area contributed by atoms with E-state index in [-0.39, 0.29) is 0 Å². The molecule has 0 aromatic rings. The van der Waals surface area contributed by atoms with Crippen LogP contribution in [-0.2, 0) is 0 Å². The molecule has 1 fully saturated rings. The second-order valence-electron chi connectivity index (χ2n) is 3.65. The molecule has 0 aromatic heterocycles. The van der Waals surface area contributed by atoms with E-state index < -0.39 is 0 Å². The maximum Gasteiger partial charge on any atom is 0.0588 e. The van der Waals surface area contributed by atoms with E-state index in [1.165, 1.54) is 24.3 Å². The molecule has 0 heterocycles. The van der Waals surface area contributed by atoms with E-state index in [0.29, 0.717) is 5.92 Å². The molecule has 82 valence electrons. The summed E-state index contributed by atoms with van der Waals surface area (Å²) in [5.74, 6) is 1.23. The molecule has 2 nitrogen and oxygen atoms in total. The summed E-state index contributed by atoms with van der Waals surface area (Å²) in [6.45, 7) is 8.35. The van der Waals surface area contributed by atoms with Crippen LogP contribution < -0.4 is 0 Å². The van der Waals surface area contributed by atoms with Crippen molar-refractivity contribution in [2.45, 2.75) is 40.5 Å². The van der Waals surface area contributed by atoms with Crippen molar-refractivity contribution in [3.05, 3.63) is 0 Å². The maximum atomic E-state index is 4.33. The van der Waals surface area contributed by atoms with Crippen LogP contribution in [0.25, 0.3) is 0 Å². The maximum absolute atomic E-state index is 4.33. The number of hydrogen-bond donors (Lipinski definition) is 0. The highest BCUT2D eigenvalue weighted by molar-refractivity contribution is 6.44. The Morgan fingerprint density at radius 1 is 1.07 bits per heavy atom. The third-order valence-corrected chi connectivity index (χ3v) is 2.26. The van der Waals surface area contributed by atoms with Gasteiger partial charge in [0, 0.05) is 20.0 Å². The van der Waals surface area contributed by atoms with Crippen LogP contribution in [-0.4, -0.2) is 25.5 Å². The van der Waals surface area contributed by atoms with Crippen molar-refractivity contribution in [2.75, 3.05) is 14.1 Å². The number of rotatable bonds is 3. The van der Waals surface area contributed by atoms with Crippen LogP contribution >= 0.6 is 0 Å². The highest BCUT2D eigenvalue weighted by Crippen LogP contribution is 2.32. The lowest BCUT2D eigenvalue weighted by Crippen LogP contribution is -2.22. The molecule has 0 atom stereocenters. The molecule has 14 heavy (non-hydrogen) atoms. The Labute approximate surface area is 88.5 Å². The molecular formula is C12H24N2. The van der Waals surface area contributed by atoms with Crippen molar-refractivity contribution >= 4 is 11.4 Å². The fourth-order valence-electron chi connectivity index (χ4n) is 1.53. The van der Waals surface area contributed by atoms with Gasteiger partial charge in [-0.15, -0.1) is 0 Å². The predicted molar refractivity (Wildman–Crippen MR) is 65.6 cm³/mol. The van der Waals surface area contributed by atoms with Crippen molar-refractivity contribution in [3.8, 4) is 0 Å². The van der Waals surface area contributed by atoms with Crippen LogP contribution in [0.3, 0.4) is 0 Å². The van der Waals surface area contributed by atoms with E-state index in [1.807, 2.05) is 27.9 Å². The van der Waals surface area contributed by atoms with Crippen LogP contribution in [0, 0.1) is 11.8 Å². The van der Waals surface area contributed by atoms with Gasteiger partial charge in [0.1, 0.15) is 0 Å². The van der Waals surface area contributed by atoms with E-state index in [9.17, 15) is 0 Å². The van der Waals surface area contributed by atoms with E-state index in [2.05, 4.69) is 23.8 Å². The first-order valence-corrected chi connectivity index (χ1v) is 5.64. The summed E-state index contributed by atoms with van der Waals surface area (Å²) in [4.78, 5) is 8.63. The molecule has 0 saturated heterocycles. The Kier molecular flexibility index (Phi) is 6.43. The standard InChI is InChI=1S/C10H18N2.C2H6/c1-7(2)9(11-3)10(12-4)8-5-6-8;1-2/h7-8H,5-6H2,1-4H3;1-2H3. The molecule has 0 amide bonds. The molecule has 1 aliphatic carbocycles. The fraction of sp³-hybridized carbons (Fsp3) is 0.833. The van der Waals surface area contributed by atoms with Crippen molar-refractivity contribution < 1.29 is 0 Å². The quantitative estimate of drug-likeness (QED) is 0.619. The van der Waals surface area contributed by atoms with Crippen molar-refractivity contribution in [1.29, 1.82) is 0 Å². The van der Waals surface area contributed by atoms with E-state index in [0.717, 1.165) is 5.92 Å². The lowest BCUT2D eigenvalue weighted by Gasteiger charge is -2.10. The Balaban J connectivity index is 0.000000791. The topological polar surface area (TPSA) is 24.7 Å². The van der Waals surface area contributed by atoms with Crippen molar-refractivity contribution in [2.24, 2.45) is 21.8 Å². The Morgan fingerprint density at radius 3 is 1.79 bits per heavy atom. The van der Waals surface area contributed by atoms with Crippen LogP contribution in [0.1, 0.15) is 40.5 Å². The van der Waals surface area contributed by atoms with Gasteiger partial charge in [0.15, 0.2) is 0 Å². The van der Waals surface area contributed by atoms with Gasteiger partial charge in [-0.1, -0.05) is 27.7 Å². The van der Waals surface area contributed by atoms with Gasteiger partial charge in [-0.25, -0.2) is 0 Å². The smallest absolute Gasteiger partial charge is 0.0588 e. The second-order valence-corrected chi connectivity index (χ2v) is 3.65. The van der Waals surface area contributed by atoms with Crippen LogP contribution in [0.15, 0.2) is 9.98 Å². The summed E-state index contributed by atoms with van der Waals surface area (Å²) in [6.07, 6.45) is 2.61. The first kappa shape index (κ1) is 13.3. The molecule has 2 heteroatoms. The summed E-state index contributed by atoms with van der Waals surface area (Å²) in [5, 5.41) is 0. The molecular weight excluding hydrogens is 172 g/mol. The Bertz CT molecular complexity index is 194.